The maximum Gasteiger partial charge on any atom is 0.256 e. The predicted octanol–water partition coefficient (Wildman–Crippen LogP) is 2.47. The fraction of sp³-hybridized carbons (Fsp3) is 0.500. The number of piperidine rings is 1. The number of benzene rings is 1. The Kier molecular flexibility index (Phi) is 4.31. The molecule has 0 aromatic heterocycles. The Morgan fingerprint density at radius 2 is 2.06 bits per heavy atom. The molecule has 0 saturated carbocycles. The van der Waals surface area contributed by atoms with E-state index in [-0.39, 0.29) is 17.6 Å². The van der Waals surface area contributed by atoms with E-state index in [0.29, 0.717) is 19.7 Å². The lowest BCUT2D eigenvalue weighted by Crippen LogP contribution is -2.41. The fourth-order valence-corrected chi connectivity index (χ4v) is 2.27. The van der Waals surface area contributed by atoms with Gasteiger partial charge in [0.15, 0.2) is 0 Å². The van der Waals surface area contributed by atoms with Crippen LogP contribution in [0.25, 0.3) is 0 Å². The van der Waals surface area contributed by atoms with Gasteiger partial charge < -0.3 is 9.64 Å². The molecule has 18 heavy (non-hydrogen) atoms. The first-order valence-electron chi connectivity index (χ1n) is 6.37. The van der Waals surface area contributed by atoms with Gasteiger partial charge in [0.1, 0.15) is 5.82 Å². The van der Waals surface area contributed by atoms with Crippen LogP contribution in [0.15, 0.2) is 24.3 Å². The SMILES string of the molecule is CCOC1CCN(C(=O)c2ccccc2F)CC1. The van der Waals surface area contributed by atoms with Crippen LogP contribution in [0.2, 0.25) is 0 Å². The third-order valence-corrected chi connectivity index (χ3v) is 3.24. The van der Waals surface area contributed by atoms with E-state index >= 15 is 0 Å². The van der Waals surface area contributed by atoms with Crippen molar-refractivity contribution >= 4 is 5.91 Å². The summed E-state index contributed by atoms with van der Waals surface area (Å²) in [6, 6.07) is 6.13. The lowest BCUT2D eigenvalue weighted by atomic mass is 10.1. The Bertz CT molecular complexity index is 414. The van der Waals surface area contributed by atoms with Crippen LogP contribution in [-0.2, 0) is 4.74 Å². The lowest BCUT2D eigenvalue weighted by Gasteiger charge is -2.31. The molecular formula is C14H18FNO2. The lowest BCUT2D eigenvalue weighted by molar-refractivity contribution is 0.0145. The molecule has 1 saturated heterocycles. The fourth-order valence-electron chi connectivity index (χ4n) is 2.27. The van der Waals surface area contributed by atoms with Gasteiger partial charge in [-0.3, -0.25) is 4.79 Å². The van der Waals surface area contributed by atoms with Crippen LogP contribution in [0, 0.1) is 5.82 Å². The molecule has 1 aromatic rings. The number of likely N-dealkylation sites (tertiary alicyclic amines) is 1. The van der Waals surface area contributed by atoms with Crippen molar-refractivity contribution in [3.63, 3.8) is 0 Å². The first-order chi connectivity index (χ1) is 8.72. The van der Waals surface area contributed by atoms with Gasteiger partial charge in [-0.25, -0.2) is 4.39 Å². The number of rotatable bonds is 3. The molecule has 0 bridgehead atoms. The second kappa shape index (κ2) is 5.96. The summed E-state index contributed by atoms with van der Waals surface area (Å²) < 4.78 is 19.0. The molecule has 4 heteroatoms. The maximum absolute atomic E-state index is 13.5. The van der Waals surface area contributed by atoms with Crippen LogP contribution in [-0.4, -0.2) is 36.6 Å². The zero-order valence-electron chi connectivity index (χ0n) is 10.6. The number of hydrogen-bond donors (Lipinski definition) is 0. The molecular weight excluding hydrogens is 233 g/mol. The van der Waals surface area contributed by atoms with E-state index in [1.54, 1.807) is 17.0 Å². The minimum atomic E-state index is -0.450. The van der Waals surface area contributed by atoms with Gasteiger partial charge in [0.05, 0.1) is 11.7 Å². The van der Waals surface area contributed by atoms with Crippen LogP contribution >= 0.6 is 0 Å². The van der Waals surface area contributed by atoms with Crippen molar-refractivity contribution in [3.8, 4) is 0 Å². The molecule has 1 amide bonds. The van der Waals surface area contributed by atoms with Crippen LogP contribution in [0.1, 0.15) is 30.1 Å². The van der Waals surface area contributed by atoms with E-state index in [9.17, 15) is 9.18 Å². The van der Waals surface area contributed by atoms with Crippen molar-refractivity contribution in [1.82, 2.24) is 4.90 Å². The maximum atomic E-state index is 13.5. The van der Waals surface area contributed by atoms with E-state index < -0.39 is 5.82 Å². The standard InChI is InChI=1S/C14H18FNO2/c1-2-18-11-7-9-16(10-8-11)14(17)12-5-3-4-6-13(12)15/h3-6,11H,2,7-10H2,1H3. The Hall–Kier alpha value is -1.42. The van der Waals surface area contributed by atoms with Crippen LogP contribution in [0.5, 0.6) is 0 Å². The van der Waals surface area contributed by atoms with Crippen LogP contribution in [0.3, 0.4) is 0 Å². The molecule has 98 valence electrons. The van der Waals surface area contributed by atoms with Gasteiger partial charge in [-0.2, -0.15) is 0 Å². The van der Waals surface area contributed by atoms with Crippen molar-refractivity contribution in [2.75, 3.05) is 19.7 Å². The molecule has 1 heterocycles. The van der Waals surface area contributed by atoms with Crippen molar-refractivity contribution in [2.24, 2.45) is 0 Å². The summed E-state index contributed by atoms with van der Waals surface area (Å²) >= 11 is 0. The van der Waals surface area contributed by atoms with Gasteiger partial charge in [-0.1, -0.05) is 12.1 Å². The largest absolute Gasteiger partial charge is 0.378 e. The molecule has 3 nitrogen and oxygen atoms in total. The van der Waals surface area contributed by atoms with E-state index in [1.807, 2.05) is 6.92 Å². The molecule has 0 atom stereocenters. The summed E-state index contributed by atoms with van der Waals surface area (Å²) in [5.74, 6) is -0.669. The van der Waals surface area contributed by atoms with E-state index in [1.165, 1.54) is 12.1 Å². The smallest absolute Gasteiger partial charge is 0.256 e. The minimum absolute atomic E-state index is 0.160. The van der Waals surface area contributed by atoms with Gasteiger partial charge in [-0.05, 0) is 31.9 Å². The van der Waals surface area contributed by atoms with Crippen LogP contribution in [0.4, 0.5) is 4.39 Å². The van der Waals surface area contributed by atoms with Gasteiger partial charge in [0, 0.05) is 19.7 Å². The molecule has 1 aliphatic heterocycles. The van der Waals surface area contributed by atoms with E-state index in [4.69, 9.17) is 4.74 Å². The number of carbonyl (C=O) groups is 1. The van der Waals surface area contributed by atoms with E-state index in [2.05, 4.69) is 0 Å². The summed E-state index contributed by atoms with van der Waals surface area (Å²) in [7, 11) is 0. The normalized spacial score (nSPS) is 16.9. The number of nitrogens with zero attached hydrogens (tertiary/aromatic N) is 1. The average Bonchev–Trinajstić information content (AvgIpc) is 2.40. The topological polar surface area (TPSA) is 29.5 Å². The summed E-state index contributed by atoms with van der Waals surface area (Å²) in [6.45, 7) is 3.94. The van der Waals surface area contributed by atoms with Crippen molar-refractivity contribution in [2.45, 2.75) is 25.9 Å². The van der Waals surface area contributed by atoms with E-state index in [0.717, 1.165) is 12.8 Å². The van der Waals surface area contributed by atoms with Gasteiger partial charge in [0.2, 0.25) is 0 Å². The first kappa shape index (κ1) is 13.0. The summed E-state index contributed by atoms with van der Waals surface area (Å²) in [4.78, 5) is 13.8. The summed E-state index contributed by atoms with van der Waals surface area (Å²) in [5, 5.41) is 0. The highest BCUT2D eigenvalue weighted by molar-refractivity contribution is 5.94. The van der Waals surface area contributed by atoms with Crippen molar-refractivity contribution < 1.29 is 13.9 Å². The second-order valence-electron chi connectivity index (χ2n) is 4.43. The Labute approximate surface area is 107 Å². The molecule has 0 aliphatic carbocycles. The summed E-state index contributed by atoms with van der Waals surface area (Å²) in [6.07, 6.45) is 1.89. The van der Waals surface area contributed by atoms with Gasteiger partial charge >= 0.3 is 0 Å². The Morgan fingerprint density at radius 1 is 1.39 bits per heavy atom. The molecule has 0 spiro atoms. The third-order valence-electron chi connectivity index (χ3n) is 3.24. The molecule has 1 fully saturated rings. The average molecular weight is 251 g/mol. The highest BCUT2D eigenvalue weighted by Crippen LogP contribution is 2.17. The number of ether oxygens (including phenoxy) is 1. The Balaban J connectivity index is 1.98. The quantitative estimate of drug-likeness (QED) is 0.826. The zero-order valence-corrected chi connectivity index (χ0v) is 10.6. The third kappa shape index (κ3) is 2.88. The number of hydrogen-bond acceptors (Lipinski definition) is 2. The molecule has 1 aromatic carbocycles. The number of carbonyl (C=O) groups excluding carboxylic acids is 1. The van der Waals surface area contributed by atoms with Gasteiger partial charge in [0.25, 0.3) is 5.91 Å². The van der Waals surface area contributed by atoms with Gasteiger partial charge in [-0.15, -0.1) is 0 Å². The molecule has 0 N–H and O–H groups in total. The minimum Gasteiger partial charge on any atom is -0.378 e. The molecule has 0 unspecified atom stereocenters. The molecule has 2 rings (SSSR count). The number of amides is 1. The van der Waals surface area contributed by atoms with Crippen molar-refractivity contribution in [1.29, 1.82) is 0 Å². The number of halogens is 1. The monoisotopic (exact) mass is 251 g/mol. The first-order valence-corrected chi connectivity index (χ1v) is 6.37. The van der Waals surface area contributed by atoms with Crippen molar-refractivity contribution in [3.05, 3.63) is 35.6 Å². The molecule has 0 radical (unpaired) electrons. The molecule has 1 aliphatic rings. The highest BCUT2D eigenvalue weighted by Gasteiger charge is 2.25. The highest BCUT2D eigenvalue weighted by atomic mass is 19.1. The zero-order chi connectivity index (χ0) is 13.0. The summed E-state index contributed by atoms with van der Waals surface area (Å²) in [5.41, 5.74) is 0.160. The second-order valence-corrected chi connectivity index (χ2v) is 4.43. The van der Waals surface area contributed by atoms with Crippen LogP contribution < -0.4 is 0 Å². The Morgan fingerprint density at radius 3 is 2.67 bits per heavy atom. The predicted molar refractivity (Wildman–Crippen MR) is 67.0 cm³/mol.